The topological polar surface area (TPSA) is 0 Å². The van der Waals surface area contributed by atoms with Gasteiger partial charge in [0, 0.05) is 0 Å². The molecule has 0 aliphatic heterocycles. The largest absolute Gasteiger partial charge is 0.0837 e. The fraction of sp³-hybridized carbons (Fsp3) is 0.882. The Morgan fingerprint density at radius 1 is 1.18 bits per heavy atom. The van der Waals surface area contributed by atoms with E-state index >= 15 is 0 Å². The molecule has 3 atom stereocenters. The van der Waals surface area contributed by atoms with Gasteiger partial charge in [0.2, 0.25) is 0 Å². The van der Waals surface area contributed by atoms with Crippen LogP contribution in [0.5, 0.6) is 0 Å². The van der Waals surface area contributed by atoms with Crippen molar-refractivity contribution < 1.29 is 0 Å². The van der Waals surface area contributed by atoms with E-state index in [2.05, 4.69) is 40.7 Å². The van der Waals surface area contributed by atoms with E-state index in [1.807, 2.05) is 5.57 Å². The first-order valence-corrected chi connectivity index (χ1v) is 7.54. The lowest BCUT2D eigenvalue weighted by Gasteiger charge is -2.50. The van der Waals surface area contributed by atoms with Crippen LogP contribution in [0.25, 0.3) is 0 Å². The maximum Gasteiger partial charge on any atom is -0.00771 e. The van der Waals surface area contributed by atoms with Gasteiger partial charge in [-0.15, -0.1) is 0 Å². The van der Waals surface area contributed by atoms with Gasteiger partial charge < -0.3 is 0 Å². The van der Waals surface area contributed by atoms with Gasteiger partial charge >= 0.3 is 0 Å². The summed E-state index contributed by atoms with van der Waals surface area (Å²) >= 11 is 0. The first-order chi connectivity index (χ1) is 7.83. The van der Waals surface area contributed by atoms with Crippen molar-refractivity contribution >= 4 is 0 Å². The van der Waals surface area contributed by atoms with E-state index in [0.29, 0.717) is 16.2 Å². The lowest BCUT2D eigenvalue weighted by molar-refractivity contribution is 0.122. The molecular weight excluding hydrogens is 204 g/mol. The molecule has 0 unspecified atom stereocenters. The van der Waals surface area contributed by atoms with Crippen LogP contribution in [0, 0.1) is 28.1 Å². The zero-order valence-electron chi connectivity index (χ0n) is 12.3. The third-order valence-corrected chi connectivity index (χ3v) is 6.57. The molecule has 0 saturated heterocycles. The average molecular weight is 232 g/mol. The Balaban J connectivity index is 2.01. The van der Waals surface area contributed by atoms with Crippen molar-refractivity contribution in [1.29, 1.82) is 0 Å². The van der Waals surface area contributed by atoms with Crippen LogP contribution in [0.15, 0.2) is 11.6 Å². The van der Waals surface area contributed by atoms with Gasteiger partial charge in [-0.3, -0.25) is 0 Å². The lowest BCUT2D eigenvalue weighted by Crippen LogP contribution is -2.40. The van der Waals surface area contributed by atoms with Gasteiger partial charge in [-0.1, -0.05) is 52.7 Å². The third-order valence-electron chi connectivity index (χ3n) is 6.57. The number of fused-ring (bicyclic) bond motifs is 3. The fourth-order valence-electron chi connectivity index (χ4n) is 5.38. The smallest absolute Gasteiger partial charge is 0.00771 e. The quantitative estimate of drug-likeness (QED) is 0.545. The minimum Gasteiger partial charge on any atom is -0.0837 e. The summed E-state index contributed by atoms with van der Waals surface area (Å²) in [5, 5.41) is 0. The Bertz CT molecular complexity index is 373. The summed E-state index contributed by atoms with van der Waals surface area (Å²) in [6.45, 7) is 12.4. The van der Waals surface area contributed by atoms with Crippen LogP contribution in [0.3, 0.4) is 0 Å². The molecule has 0 bridgehead atoms. The van der Waals surface area contributed by atoms with Crippen molar-refractivity contribution in [2.24, 2.45) is 28.1 Å². The summed E-state index contributed by atoms with van der Waals surface area (Å²) in [6, 6.07) is 0. The van der Waals surface area contributed by atoms with Crippen LogP contribution in [0.2, 0.25) is 0 Å². The molecule has 0 aromatic carbocycles. The molecule has 0 spiro atoms. The highest BCUT2D eigenvalue weighted by Gasteiger charge is 2.66. The van der Waals surface area contributed by atoms with Crippen LogP contribution < -0.4 is 0 Å². The van der Waals surface area contributed by atoms with Crippen molar-refractivity contribution in [3.8, 4) is 0 Å². The summed E-state index contributed by atoms with van der Waals surface area (Å²) in [5.74, 6) is 1.86. The van der Waals surface area contributed by atoms with Gasteiger partial charge in [-0.25, -0.2) is 0 Å². The number of allylic oxidation sites excluding steroid dienone is 2. The summed E-state index contributed by atoms with van der Waals surface area (Å²) in [4.78, 5) is 0. The van der Waals surface area contributed by atoms with Crippen LogP contribution >= 0.6 is 0 Å². The Hall–Kier alpha value is -0.260. The van der Waals surface area contributed by atoms with Crippen molar-refractivity contribution in [3.63, 3.8) is 0 Å². The minimum atomic E-state index is 0.471. The molecule has 0 heterocycles. The highest BCUT2D eigenvalue weighted by Crippen LogP contribution is 2.75. The first kappa shape index (κ1) is 11.8. The van der Waals surface area contributed by atoms with Crippen molar-refractivity contribution in [2.75, 3.05) is 0 Å². The maximum atomic E-state index is 2.66. The normalized spacial score (nSPS) is 47.2. The Labute approximate surface area is 107 Å². The monoisotopic (exact) mass is 232 g/mol. The van der Waals surface area contributed by atoms with Crippen LogP contribution in [-0.2, 0) is 0 Å². The zero-order valence-corrected chi connectivity index (χ0v) is 12.3. The molecule has 3 aliphatic rings. The zero-order chi connectivity index (χ0) is 12.5. The molecule has 96 valence electrons. The van der Waals surface area contributed by atoms with E-state index in [1.54, 1.807) is 0 Å². The van der Waals surface area contributed by atoms with E-state index in [4.69, 9.17) is 0 Å². The van der Waals surface area contributed by atoms with Gasteiger partial charge in [0.05, 0.1) is 0 Å². The average Bonchev–Trinajstić information content (AvgIpc) is 2.93. The predicted molar refractivity (Wildman–Crippen MR) is 73.8 cm³/mol. The standard InChI is InChI=1S/C17H28/c1-12(2)17-10-7-13-15(3,4)8-6-9-16(13,5)14(17)11-17/h7,12,14H,6,8-11H2,1-5H3/t14-,16+,17-/m1/s1. The molecule has 0 nitrogen and oxygen atoms in total. The fourth-order valence-corrected chi connectivity index (χ4v) is 5.38. The van der Waals surface area contributed by atoms with Crippen molar-refractivity contribution in [3.05, 3.63) is 11.6 Å². The molecular formula is C17H28. The molecule has 3 rings (SSSR count). The van der Waals surface area contributed by atoms with Gasteiger partial charge in [-0.2, -0.15) is 0 Å². The van der Waals surface area contributed by atoms with Crippen LogP contribution in [0.4, 0.5) is 0 Å². The third kappa shape index (κ3) is 1.36. The maximum absolute atomic E-state index is 2.66. The van der Waals surface area contributed by atoms with Gasteiger partial charge in [-0.05, 0) is 53.8 Å². The molecule has 0 amide bonds. The second-order valence-electron chi connectivity index (χ2n) is 8.12. The predicted octanol–water partition coefficient (Wildman–Crippen LogP) is 5.20. The molecule has 0 aromatic rings. The molecule has 0 heteroatoms. The van der Waals surface area contributed by atoms with E-state index in [9.17, 15) is 0 Å². The molecule has 0 radical (unpaired) electrons. The Morgan fingerprint density at radius 3 is 2.53 bits per heavy atom. The number of hydrogen-bond acceptors (Lipinski definition) is 0. The summed E-state index contributed by atoms with van der Waals surface area (Å²) < 4.78 is 0. The molecule has 2 fully saturated rings. The van der Waals surface area contributed by atoms with E-state index in [0.717, 1.165) is 11.8 Å². The molecule has 0 aromatic heterocycles. The van der Waals surface area contributed by atoms with Gasteiger partial charge in [0.15, 0.2) is 0 Å². The van der Waals surface area contributed by atoms with Gasteiger partial charge in [0.25, 0.3) is 0 Å². The number of rotatable bonds is 1. The van der Waals surface area contributed by atoms with Crippen molar-refractivity contribution in [1.82, 2.24) is 0 Å². The highest BCUT2D eigenvalue weighted by molar-refractivity contribution is 5.34. The van der Waals surface area contributed by atoms with E-state index in [-0.39, 0.29) is 0 Å². The summed E-state index contributed by atoms with van der Waals surface area (Å²) in [5.41, 5.74) is 3.52. The molecule has 3 aliphatic carbocycles. The van der Waals surface area contributed by atoms with Crippen LogP contribution in [-0.4, -0.2) is 0 Å². The van der Waals surface area contributed by atoms with Gasteiger partial charge in [0.1, 0.15) is 0 Å². The Morgan fingerprint density at radius 2 is 1.88 bits per heavy atom. The molecule has 0 N–H and O–H groups in total. The second kappa shape index (κ2) is 3.19. The van der Waals surface area contributed by atoms with Crippen LogP contribution in [0.1, 0.15) is 66.7 Å². The summed E-state index contributed by atoms with van der Waals surface area (Å²) in [6.07, 6.45) is 9.80. The SMILES string of the molecule is CC(C)[C@]12CC=C3C(C)(C)CCC[C@]3(C)[C@H]1C2. The number of hydrogen-bond donors (Lipinski definition) is 0. The van der Waals surface area contributed by atoms with E-state index in [1.165, 1.54) is 32.1 Å². The lowest BCUT2D eigenvalue weighted by atomic mass is 9.54. The van der Waals surface area contributed by atoms with E-state index < -0.39 is 0 Å². The Kier molecular flexibility index (Phi) is 2.22. The summed E-state index contributed by atoms with van der Waals surface area (Å²) in [7, 11) is 0. The highest BCUT2D eigenvalue weighted by atomic mass is 14.7. The van der Waals surface area contributed by atoms with Crippen molar-refractivity contribution in [2.45, 2.75) is 66.7 Å². The minimum absolute atomic E-state index is 0.471. The first-order valence-electron chi connectivity index (χ1n) is 7.54. The molecule has 17 heavy (non-hydrogen) atoms. The second-order valence-corrected chi connectivity index (χ2v) is 8.12. The molecule has 2 saturated carbocycles.